The molecule has 9 heteroatoms. The minimum absolute atomic E-state index is 0.370. The van der Waals surface area contributed by atoms with Crippen molar-refractivity contribution < 1.29 is 38.2 Å². The number of likely N-dealkylation sites (tertiary alicyclic amines) is 1. The van der Waals surface area contributed by atoms with E-state index in [0.717, 1.165) is 38.4 Å². The van der Waals surface area contributed by atoms with Gasteiger partial charge in [0.25, 0.3) is 5.91 Å². The van der Waals surface area contributed by atoms with Gasteiger partial charge in [-0.25, -0.2) is 0 Å². The number of carbonyl (C=O) groups is 3. The molecule has 2 unspecified atom stereocenters. The lowest BCUT2D eigenvalue weighted by atomic mass is 9.85. The van der Waals surface area contributed by atoms with Crippen molar-refractivity contribution in [1.82, 2.24) is 4.90 Å². The van der Waals surface area contributed by atoms with Crippen LogP contribution in [0.4, 0.5) is 0 Å². The number of methoxy groups -OCH3 is 3. The standard InChI is InChI=1S/C28H34N2O7/c1-18-16-20(7-8-21(18)34-2)26(31)24-25(19-6-9-22(35-3)23(17-19)36-4)30(28(33)27(24)32)11-5-10-29-12-14-37-15-13-29/h6-9,16-17,24-25H,5,10-15H2,1-4H3/p+1. The molecule has 2 atom stereocenters. The van der Waals surface area contributed by atoms with Crippen molar-refractivity contribution in [2.45, 2.75) is 19.4 Å². The maximum absolute atomic E-state index is 13.8. The highest BCUT2D eigenvalue weighted by Gasteiger charge is 2.51. The van der Waals surface area contributed by atoms with Gasteiger partial charge in [-0.15, -0.1) is 0 Å². The maximum Gasteiger partial charge on any atom is 0.291 e. The number of quaternary nitrogens is 1. The van der Waals surface area contributed by atoms with Crippen LogP contribution in [0.2, 0.25) is 0 Å². The van der Waals surface area contributed by atoms with Gasteiger partial charge in [0.05, 0.1) is 47.1 Å². The molecule has 1 amide bonds. The zero-order valence-corrected chi connectivity index (χ0v) is 21.9. The summed E-state index contributed by atoms with van der Waals surface area (Å²) in [4.78, 5) is 43.4. The van der Waals surface area contributed by atoms with Crippen molar-refractivity contribution >= 4 is 17.5 Å². The predicted molar refractivity (Wildman–Crippen MR) is 136 cm³/mol. The molecule has 2 aliphatic heterocycles. The van der Waals surface area contributed by atoms with Gasteiger partial charge in [-0.05, 0) is 48.4 Å². The summed E-state index contributed by atoms with van der Waals surface area (Å²) in [5, 5.41) is 0. The first-order chi connectivity index (χ1) is 17.9. The molecule has 0 radical (unpaired) electrons. The third-order valence-electron chi connectivity index (χ3n) is 7.25. The molecule has 2 aromatic rings. The van der Waals surface area contributed by atoms with Gasteiger partial charge in [-0.3, -0.25) is 14.4 Å². The SMILES string of the molecule is COc1ccc(C(=O)C2C(=O)C(=O)N(CCC[NH+]3CCOCC3)C2c2ccc(OC)c(OC)c2)cc1C. The highest BCUT2D eigenvalue weighted by atomic mass is 16.5. The van der Waals surface area contributed by atoms with Crippen LogP contribution in [0.3, 0.4) is 0 Å². The minimum atomic E-state index is -1.16. The molecule has 2 saturated heterocycles. The number of hydrogen-bond acceptors (Lipinski definition) is 7. The van der Waals surface area contributed by atoms with Crippen LogP contribution < -0.4 is 19.1 Å². The Bertz CT molecular complexity index is 1160. The number of benzene rings is 2. The summed E-state index contributed by atoms with van der Waals surface area (Å²) in [6.07, 6.45) is 0.709. The first kappa shape index (κ1) is 26.6. The molecule has 0 saturated carbocycles. The zero-order chi connectivity index (χ0) is 26.5. The van der Waals surface area contributed by atoms with Crippen LogP contribution in [0.5, 0.6) is 17.2 Å². The van der Waals surface area contributed by atoms with Crippen LogP contribution in [0, 0.1) is 12.8 Å². The molecule has 4 rings (SSSR count). The summed E-state index contributed by atoms with van der Waals surface area (Å²) in [7, 11) is 4.63. The van der Waals surface area contributed by atoms with Crippen LogP contribution in [0.25, 0.3) is 0 Å². The maximum atomic E-state index is 13.8. The predicted octanol–water partition coefficient (Wildman–Crippen LogP) is 1.28. The lowest BCUT2D eigenvalue weighted by Gasteiger charge is -2.29. The van der Waals surface area contributed by atoms with Crippen molar-refractivity contribution in [2.75, 3.05) is 60.7 Å². The first-order valence-electron chi connectivity index (χ1n) is 12.6. The fraction of sp³-hybridized carbons (Fsp3) is 0.464. The van der Waals surface area contributed by atoms with E-state index in [0.29, 0.717) is 41.3 Å². The second-order valence-electron chi connectivity index (χ2n) is 9.41. The molecular formula is C28H35N2O7+. The molecule has 0 aromatic heterocycles. The topological polar surface area (TPSA) is 95.8 Å². The van der Waals surface area contributed by atoms with E-state index in [9.17, 15) is 14.4 Å². The van der Waals surface area contributed by atoms with Crippen LogP contribution in [0.15, 0.2) is 36.4 Å². The smallest absolute Gasteiger partial charge is 0.291 e. The molecule has 198 valence electrons. The Labute approximate surface area is 217 Å². The summed E-state index contributed by atoms with van der Waals surface area (Å²) < 4.78 is 21.6. The van der Waals surface area contributed by atoms with Crippen molar-refractivity contribution in [2.24, 2.45) is 5.92 Å². The van der Waals surface area contributed by atoms with Gasteiger partial charge in [-0.1, -0.05) is 6.07 Å². The number of amides is 1. The summed E-state index contributed by atoms with van der Waals surface area (Å²) in [6.45, 7) is 6.36. The number of carbonyl (C=O) groups excluding carboxylic acids is 3. The highest BCUT2D eigenvalue weighted by Crippen LogP contribution is 2.41. The average Bonchev–Trinajstić information content (AvgIpc) is 3.17. The normalized spacial score (nSPS) is 20.3. The van der Waals surface area contributed by atoms with Crippen molar-refractivity contribution in [3.63, 3.8) is 0 Å². The molecule has 37 heavy (non-hydrogen) atoms. The third kappa shape index (κ3) is 5.47. The molecule has 0 spiro atoms. The number of nitrogens with one attached hydrogen (secondary N) is 1. The molecule has 9 nitrogen and oxygen atoms in total. The van der Waals surface area contributed by atoms with E-state index in [4.69, 9.17) is 18.9 Å². The number of ether oxygens (including phenoxy) is 4. The van der Waals surface area contributed by atoms with E-state index in [1.54, 1.807) is 55.5 Å². The average molecular weight is 512 g/mol. The van der Waals surface area contributed by atoms with Crippen molar-refractivity contribution in [3.8, 4) is 17.2 Å². The van der Waals surface area contributed by atoms with Crippen LogP contribution in [-0.2, 0) is 14.3 Å². The summed E-state index contributed by atoms with van der Waals surface area (Å²) in [5.41, 5.74) is 1.80. The fourth-order valence-corrected chi connectivity index (χ4v) is 5.26. The molecule has 2 fully saturated rings. The number of hydrogen-bond donors (Lipinski definition) is 1. The molecule has 2 heterocycles. The van der Waals surface area contributed by atoms with Gasteiger partial charge < -0.3 is 28.7 Å². The third-order valence-corrected chi connectivity index (χ3v) is 7.25. The van der Waals surface area contributed by atoms with E-state index >= 15 is 0 Å². The fourth-order valence-electron chi connectivity index (χ4n) is 5.26. The van der Waals surface area contributed by atoms with Gasteiger partial charge in [0.1, 0.15) is 24.8 Å². The van der Waals surface area contributed by atoms with E-state index in [1.165, 1.54) is 12.0 Å². The van der Waals surface area contributed by atoms with E-state index in [1.807, 2.05) is 6.92 Å². The highest BCUT2D eigenvalue weighted by molar-refractivity contribution is 6.44. The van der Waals surface area contributed by atoms with E-state index < -0.39 is 23.7 Å². The van der Waals surface area contributed by atoms with Gasteiger partial charge in [0.15, 0.2) is 17.3 Å². The largest absolute Gasteiger partial charge is 0.496 e. The monoisotopic (exact) mass is 511 g/mol. The first-order valence-corrected chi connectivity index (χ1v) is 12.6. The van der Waals surface area contributed by atoms with Gasteiger partial charge in [0.2, 0.25) is 5.78 Å². The number of nitrogens with zero attached hydrogens (tertiary/aromatic N) is 1. The second-order valence-corrected chi connectivity index (χ2v) is 9.41. The summed E-state index contributed by atoms with van der Waals surface area (Å²) in [6, 6.07) is 9.58. The summed E-state index contributed by atoms with van der Waals surface area (Å²) in [5.74, 6) is -1.21. The molecule has 2 aromatic carbocycles. The second kappa shape index (κ2) is 11.7. The van der Waals surface area contributed by atoms with Gasteiger partial charge >= 0.3 is 0 Å². The zero-order valence-electron chi connectivity index (χ0n) is 21.9. The number of aryl methyl sites for hydroxylation is 1. The Kier molecular flexibility index (Phi) is 8.45. The Balaban J connectivity index is 1.67. The molecule has 2 aliphatic rings. The number of rotatable bonds is 10. The van der Waals surface area contributed by atoms with Crippen LogP contribution in [-0.4, -0.2) is 83.1 Å². The summed E-state index contributed by atoms with van der Waals surface area (Å²) >= 11 is 0. The van der Waals surface area contributed by atoms with Crippen molar-refractivity contribution in [1.29, 1.82) is 0 Å². The molecule has 0 bridgehead atoms. The van der Waals surface area contributed by atoms with Crippen LogP contribution in [0.1, 0.15) is 33.9 Å². The number of Topliss-reactive ketones (excluding diaryl/α,β-unsaturated/α-hetero) is 2. The van der Waals surface area contributed by atoms with E-state index in [2.05, 4.69) is 0 Å². The Hall–Kier alpha value is -3.43. The Morgan fingerprint density at radius 2 is 1.65 bits per heavy atom. The Morgan fingerprint density at radius 3 is 2.30 bits per heavy atom. The molecule has 1 N–H and O–H groups in total. The van der Waals surface area contributed by atoms with Crippen molar-refractivity contribution in [3.05, 3.63) is 53.1 Å². The Morgan fingerprint density at radius 1 is 0.973 bits per heavy atom. The van der Waals surface area contributed by atoms with Crippen LogP contribution >= 0.6 is 0 Å². The molecular weight excluding hydrogens is 476 g/mol. The van der Waals surface area contributed by atoms with Gasteiger partial charge in [-0.2, -0.15) is 0 Å². The lowest BCUT2D eigenvalue weighted by Crippen LogP contribution is -3.14. The molecule has 0 aliphatic carbocycles. The minimum Gasteiger partial charge on any atom is -0.496 e. The number of ketones is 2. The lowest BCUT2D eigenvalue weighted by molar-refractivity contribution is -0.908. The van der Waals surface area contributed by atoms with Gasteiger partial charge in [0, 0.05) is 18.5 Å². The quantitative estimate of drug-likeness (QED) is 0.292. The number of morpholine rings is 1. The van der Waals surface area contributed by atoms with E-state index in [-0.39, 0.29) is 5.78 Å².